The summed E-state index contributed by atoms with van der Waals surface area (Å²) in [5, 5.41) is 0. The topological polar surface area (TPSA) is 89.5 Å². The van der Waals surface area contributed by atoms with Gasteiger partial charge in [-0.25, -0.2) is 9.13 Å². The first-order chi connectivity index (χ1) is 13.8. The Morgan fingerprint density at radius 1 is 0.517 bits per heavy atom. The lowest BCUT2D eigenvalue weighted by Crippen LogP contribution is -2.36. The van der Waals surface area contributed by atoms with Crippen LogP contribution in [0.2, 0.25) is 0 Å². The molecule has 0 aliphatic heterocycles. The lowest BCUT2D eigenvalue weighted by atomic mass is 9.96. The summed E-state index contributed by atoms with van der Waals surface area (Å²) in [6.07, 6.45) is 0. The van der Waals surface area contributed by atoms with Crippen molar-refractivity contribution in [2.45, 2.75) is 0 Å². The molecule has 0 saturated carbocycles. The number of halogens is 6. The van der Waals surface area contributed by atoms with E-state index < -0.39 is 21.1 Å². The molecule has 0 aliphatic carbocycles. The Kier molecular flexibility index (Phi) is 18.6. The van der Waals surface area contributed by atoms with Crippen LogP contribution < -0.4 is 0 Å². The maximum absolute atomic E-state index is 12.6. The predicted octanol–water partition coefficient (Wildman–Crippen LogP) is 5.72. The van der Waals surface area contributed by atoms with Crippen molar-refractivity contribution in [1.29, 1.82) is 0 Å². The van der Waals surface area contributed by atoms with Crippen molar-refractivity contribution in [1.82, 2.24) is 0 Å². The number of phosphoric ester groups is 2. The van der Waals surface area contributed by atoms with Gasteiger partial charge in [0.1, 0.15) is 0 Å². The minimum atomic E-state index is -3.98. The van der Waals surface area contributed by atoms with Gasteiger partial charge in [0.15, 0.2) is 0 Å². The Labute approximate surface area is 201 Å². The molecule has 0 amide bonds. The van der Waals surface area contributed by atoms with Crippen LogP contribution in [0.25, 0.3) is 0 Å². The molecule has 0 radical (unpaired) electrons. The van der Waals surface area contributed by atoms with Gasteiger partial charge in [-0.1, -0.05) is 0 Å². The molecule has 0 aromatic carbocycles. The van der Waals surface area contributed by atoms with Gasteiger partial charge in [-0.2, -0.15) is 0 Å². The highest BCUT2D eigenvalue weighted by Gasteiger charge is 2.39. The van der Waals surface area contributed by atoms with E-state index in [1.54, 1.807) is 0 Å². The summed E-state index contributed by atoms with van der Waals surface area (Å²) in [6, 6.07) is 0. The standard InChI is InChI=1S/C13H24Cl6O8P2/c14-1-5-22-28(20,23-6-2-15)26-11-13(9-18,10-19)12-27-29(21,24-7-3-16)25-8-4-17/h1-12H2. The molecule has 0 rings (SSSR count). The van der Waals surface area contributed by atoms with Crippen molar-refractivity contribution in [3.05, 3.63) is 0 Å². The highest BCUT2D eigenvalue weighted by atomic mass is 35.5. The first kappa shape index (κ1) is 31.0. The Morgan fingerprint density at radius 3 is 1.00 bits per heavy atom. The third-order valence-electron chi connectivity index (χ3n) is 2.93. The molecule has 0 unspecified atom stereocenters. The summed E-state index contributed by atoms with van der Waals surface area (Å²) in [5.74, 6) is 0.0520. The van der Waals surface area contributed by atoms with E-state index in [0.717, 1.165) is 0 Å². The van der Waals surface area contributed by atoms with E-state index in [1.165, 1.54) is 0 Å². The van der Waals surface area contributed by atoms with Crippen molar-refractivity contribution in [2.75, 3.05) is 74.9 Å². The van der Waals surface area contributed by atoms with Crippen LogP contribution in [0.5, 0.6) is 0 Å². The first-order valence-electron chi connectivity index (χ1n) is 8.21. The van der Waals surface area contributed by atoms with E-state index in [2.05, 4.69) is 0 Å². The third-order valence-corrected chi connectivity index (χ3v) is 7.57. The van der Waals surface area contributed by atoms with Gasteiger partial charge >= 0.3 is 15.6 Å². The molecule has 176 valence electrons. The molecule has 0 spiro atoms. The average molecular weight is 583 g/mol. The smallest absolute Gasteiger partial charge is 0.286 e. The molecule has 0 heterocycles. The van der Waals surface area contributed by atoms with Crippen LogP contribution in [0.3, 0.4) is 0 Å². The van der Waals surface area contributed by atoms with Crippen LogP contribution in [0.4, 0.5) is 0 Å². The van der Waals surface area contributed by atoms with E-state index in [0.29, 0.717) is 0 Å². The number of hydrogen-bond donors (Lipinski definition) is 0. The van der Waals surface area contributed by atoms with Gasteiger partial charge in [-0.05, 0) is 0 Å². The van der Waals surface area contributed by atoms with Crippen LogP contribution in [0.1, 0.15) is 0 Å². The normalized spacial score (nSPS) is 13.2. The van der Waals surface area contributed by atoms with E-state index >= 15 is 0 Å². The molecular formula is C13H24Cl6O8P2. The zero-order chi connectivity index (χ0) is 22.2. The van der Waals surface area contributed by atoms with Crippen LogP contribution in [-0.4, -0.2) is 74.9 Å². The maximum atomic E-state index is 12.6. The van der Waals surface area contributed by atoms with Gasteiger partial charge in [0.05, 0.1) is 39.6 Å². The fourth-order valence-corrected chi connectivity index (χ4v) is 5.38. The van der Waals surface area contributed by atoms with Gasteiger partial charge in [-0.3, -0.25) is 27.1 Å². The molecule has 0 bridgehead atoms. The number of alkyl halides is 6. The fourth-order valence-electron chi connectivity index (χ4n) is 1.47. The molecule has 8 nitrogen and oxygen atoms in total. The van der Waals surface area contributed by atoms with Gasteiger partial charge in [0.2, 0.25) is 0 Å². The molecule has 0 saturated heterocycles. The fraction of sp³-hybridized carbons (Fsp3) is 1.00. The molecule has 0 N–H and O–H groups in total. The summed E-state index contributed by atoms with van der Waals surface area (Å²) < 4.78 is 56.3. The van der Waals surface area contributed by atoms with Crippen LogP contribution >= 0.6 is 85.3 Å². The largest absolute Gasteiger partial charge is 0.474 e. The lowest BCUT2D eigenvalue weighted by Gasteiger charge is -2.31. The first-order valence-corrected chi connectivity index (χ1v) is 14.3. The predicted molar refractivity (Wildman–Crippen MR) is 118 cm³/mol. The summed E-state index contributed by atoms with van der Waals surface area (Å²) >= 11 is 34.2. The van der Waals surface area contributed by atoms with Crippen molar-refractivity contribution in [3.8, 4) is 0 Å². The second-order valence-corrected chi connectivity index (χ2v) is 10.7. The Morgan fingerprint density at radius 2 is 0.793 bits per heavy atom. The Balaban J connectivity index is 5.16. The molecule has 16 heteroatoms. The summed E-state index contributed by atoms with van der Waals surface area (Å²) in [6.45, 7) is -0.958. The van der Waals surface area contributed by atoms with Gasteiger partial charge in [0.25, 0.3) is 0 Å². The Hall–Kier alpha value is 1.96. The minimum Gasteiger partial charge on any atom is -0.286 e. The third kappa shape index (κ3) is 13.3. The molecule has 0 fully saturated rings. The van der Waals surface area contributed by atoms with Crippen molar-refractivity contribution < 1.29 is 36.3 Å². The molecular weight excluding hydrogens is 559 g/mol. The second kappa shape index (κ2) is 17.4. The summed E-state index contributed by atoms with van der Waals surface area (Å²) in [5.41, 5.74) is -1.13. The van der Waals surface area contributed by atoms with E-state index in [1.807, 2.05) is 0 Å². The van der Waals surface area contributed by atoms with Crippen molar-refractivity contribution >= 4 is 85.3 Å². The molecule has 0 aliphatic rings. The van der Waals surface area contributed by atoms with Crippen molar-refractivity contribution in [2.24, 2.45) is 5.41 Å². The number of rotatable bonds is 20. The highest BCUT2D eigenvalue weighted by molar-refractivity contribution is 7.48. The van der Waals surface area contributed by atoms with Gasteiger partial charge < -0.3 is 0 Å². The van der Waals surface area contributed by atoms with Crippen molar-refractivity contribution in [3.63, 3.8) is 0 Å². The van der Waals surface area contributed by atoms with E-state index in [-0.39, 0.29) is 74.9 Å². The minimum absolute atomic E-state index is 0.0653. The monoisotopic (exact) mass is 580 g/mol. The van der Waals surface area contributed by atoms with Crippen LogP contribution in [0, 0.1) is 5.41 Å². The Bertz CT molecular complexity index is 450. The lowest BCUT2D eigenvalue weighted by molar-refractivity contribution is 0.0461. The SMILES string of the molecule is O=P(OCCCl)(OCCCl)OCC(CCl)(CCl)COP(=O)(OCCCl)OCCCl. The van der Waals surface area contributed by atoms with Gasteiger partial charge in [0, 0.05) is 40.7 Å². The summed E-state index contributed by atoms with van der Waals surface area (Å²) in [4.78, 5) is 0. The van der Waals surface area contributed by atoms with E-state index in [4.69, 9.17) is 96.7 Å². The molecule has 0 aromatic rings. The number of phosphoric acid groups is 2. The zero-order valence-corrected chi connectivity index (χ0v) is 21.7. The average Bonchev–Trinajstić information content (AvgIpc) is 2.74. The van der Waals surface area contributed by atoms with Crippen LogP contribution in [-0.2, 0) is 36.3 Å². The van der Waals surface area contributed by atoms with Gasteiger partial charge in [-0.15, -0.1) is 69.6 Å². The second-order valence-electron chi connectivity index (χ2n) is 5.30. The number of hydrogen-bond acceptors (Lipinski definition) is 8. The highest BCUT2D eigenvalue weighted by Crippen LogP contribution is 2.53. The van der Waals surface area contributed by atoms with E-state index in [9.17, 15) is 9.13 Å². The summed E-state index contributed by atoms with van der Waals surface area (Å²) in [7, 11) is -7.97. The van der Waals surface area contributed by atoms with Crippen LogP contribution in [0.15, 0.2) is 0 Å². The zero-order valence-electron chi connectivity index (χ0n) is 15.4. The molecule has 29 heavy (non-hydrogen) atoms. The maximum Gasteiger partial charge on any atom is 0.474 e. The molecule has 0 atom stereocenters. The quantitative estimate of drug-likeness (QED) is 0.133. The molecule has 0 aromatic heterocycles.